The Kier molecular flexibility index (Phi) is 3.57. The fourth-order valence-corrected chi connectivity index (χ4v) is 2.29. The van der Waals surface area contributed by atoms with Crippen molar-refractivity contribution in [2.75, 3.05) is 5.32 Å². The molecule has 2 aromatic rings. The van der Waals surface area contributed by atoms with Crippen molar-refractivity contribution >= 4 is 23.1 Å². The number of aromatic carboxylic acids is 1. The van der Waals surface area contributed by atoms with Crippen molar-refractivity contribution in [3.8, 4) is 0 Å². The van der Waals surface area contributed by atoms with Gasteiger partial charge in [-0.3, -0.25) is 0 Å². The molecule has 0 spiro atoms. The highest BCUT2D eigenvalue weighted by Crippen LogP contribution is 2.19. The van der Waals surface area contributed by atoms with Crippen LogP contribution in [-0.2, 0) is 6.54 Å². The topological polar surface area (TPSA) is 75.1 Å². The van der Waals surface area contributed by atoms with Crippen LogP contribution in [0.2, 0.25) is 0 Å². The van der Waals surface area contributed by atoms with Gasteiger partial charge in [-0.05, 0) is 25.5 Å². The number of aryl methyl sites for hydroxylation is 2. The lowest BCUT2D eigenvalue weighted by Crippen LogP contribution is -2.11. The molecule has 0 aromatic carbocycles. The van der Waals surface area contributed by atoms with Crippen LogP contribution in [0.15, 0.2) is 17.0 Å². The van der Waals surface area contributed by atoms with E-state index in [9.17, 15) is 9.90 Å². The monoisotopic (exact) mass is 263 g/mol. The number of pyridine rings is 1. The zero-order chi connectivity index (χ0) is 13.1. The zero-order valence-corrected chi connectivity index (χ0v) is 10.9. The predicted molar refractivity (Wildman–Crippen MR) is 70.1 cm³/mol. The van der Waals surface area contributed by atoms with Gasteiger partial charge in [-0.15, -0.1) is 11.3 Å². The molecule has 0 saturated carbocycles. The molecule has 0 saturated heterocycles. The minimum Gasteiger partial charge on any atom is -0.478 e. The number of rotatable bonds is 4. The Morgan fingerprint density at radius 1 is 1.50 bits per heavy atom. The Labute approximate surface area is 109 Å². The van der Waals surface area contributed by atoms with Crippen molar-refractivity contribution in [2.24, 2.45) is 0 Å². The highest BCUT2D eigenvalue weighted by molar-refractivity contribution is 7.07. The third-order valence-electron chi connectivity index (χ3n) is 2.48. The fraction of sp³-hybridized carbons (Fsp3) is 0.250. The molecular formula is C12H13N3O2S. The van der Waals surface area contributed by atoms with E-state index in [0.29, 0.717) is 17.9 Å². The number of nitrogens with zero attached hydrogens (tertiary/aromatic N) is 2. The molecular weight excluding hydrogens is 250 g/mol. The second kappa shape index (κ2) is 5.14. The number of nitrogens with one attached hydrogen (secondary N) is 1. The van der Waals surface area contributed by atoms with Gasteiger partial charge in [0.25, 0.3) is 0 Å². The van der Waals surface area contributed by atoms with Gasteiger partial charge in [0, 0.05) is 11.1 Å². The molecule has 2 heterocycles. The van der Waals surface area contributed by atoms with Crippen LogP contribution in [0.5, 0.6) is 0 Å². The quantitative estimate of drug-likeness (QED) is 0.886. The molecule has 2 rings (SSSR count). The van der Waals surface area contributed by atoms with E-state index in [1.54, 1.807) is 18.5 Å². The third kappa shape index (κ3) is 2.65. The van der Waals surface area contributed by atoms with E-state index in [4.69, 9.17) is 0 Å². The van der Waals surface area contributed by atoms with Crippen LogP contribution in [0.1, 0.15) is 27.3 Å². The highest BCUT2D eigenvalue weighted by Gasteiger charge is 2.15. The molecule has 0 aliphatic heterocycles. The summed E-state index contributed by atoms with van der Waals surface area (Å²) in [5.74, 6) is -0.575. The summed E-state index contributed by atoms with van der Waals surface area (Å²) >= 11 is 1.50. The minimum atomic E-state index is -0.972. The molecule has 6 heteroatoms. The van der Waals surface area contributed by atoms with E-state index in [1.807, 2.05) is 12.3 Å². The normalized spacial score (nSPS) is 10.3. The maximum atomic E-state index is 11.2. The smallest absolute Gasteiger partial charge is 0.339 e. The molecule has 0 radical (unpaired) electrons. The van der Waals surface area contributed by atoms with Crippen molar-refractivity contribution < 1.29 is 9.90 Å². The van der Waals surface area contributed by atoms with Gasteiger partial charge in [0.05, 0.1) is 17.7 Å². The van der Waals surface area contributed by atoms with E-state index < -0.39 is 5.97 Å². The Balaban J connectivity index is 2.28. The van der Waals surface area contributed by atoms with E-state index in [0.717, 1.165) is 11.4 Å². The Morgan fingerprint density at radius 2 is 2.28 bits per heavy atom. The summed E-state index contributed by atoms with van der Waals surface area (Å²) in [5.41, 5.74) is 4.33. The maximum absolute atomic E-state index is 11.2. The summed E-state index contributed by atoms with van der Waals surface area (Å²) < 4.78 is 0. The summed E-state index contributed by atoms with van der Waals surface area (Å²) in [6.07, 6.45) is 0. The second-order valence-corrected chi connectivity index (χ2v) is 4.66. The van der Waals surface area contributed by atoms with Crippen LogP contribution in [0, 0.1) is 13.8 Å². The number of thiazole rings is 1. The van der Waals surface area contributed by atoms with Gasteiger partial charge < -0.3 is 10.4 Å². The number of carboxylic acids is 1. The van der Waals surface area contributed by atoms with E-state index in [1.165, 1.54) is 11.3 Å². The molecule has 0 unspecified atom stereocenters. The van der Waals surface area contributed by atoms with Crippen molar-refractivity contribution in [1.82, 2.24) is 9.97 Å². The summed E-state index contributed by atoms with van der Waals surface area (Å²) in [7, 11) is 0. The van der Waals surface area contributed by atoms with E-state index in [2.05, 4.69) is 15.3 Å². The van der Waals surface area contributed by atoms with Crippen LogP contribution < -0.4 is 5.32 Å². The highest BCUT2D eigenvalue weighted by atomic mass is 32.1. The van der Waals surface area contributed by atoms with Gasteiger partial charge >= 0.3 is 5.97 Å². The lowest BCUT2D eigenvalue weighted by atomic mass is 10.1. The first kappa shape index (κ1) is 12.5. The standard InChI is InChI=1S/C12H13N3O2S/c1-7-3-8(2)15-11(10(7)12(16)17)13-4-9-5-18-6-14-9/h3,5-6H,4H2,1-2H3,(H,13,15)(H,16,17). The first-order valence-corrected chi connectivity index (χ1v) is 6.34. The lowest BCUT2D eigenvalue weighted by Gasteiger charge is -2.11. The maximum Gasteiger partial charge on any atom is 0.339 e. The van der Waals surface area contributed by atoms with Crippen LogP contribution in [0.25, 0.3) is 0 Å². The van der Waals surface area contributed by atoms with E-state index >= 15 is 0 Å². The number of hydrogen-bond acceptors (Lipinski definition) is 5. The van der Waals surface area contributed by atoms with Crippen molar-refractivity contribution in [3.63, 3.8) is 0 Å². The van der Waals surface area contributed by atoms with Crippen molar-refractivity contribution in [3.05, 3.63) is 39.5 Å². The Bertz CT molecular complexity index is 567. The zero-order valence-electron chi connectivity index (χ0n) is 10.1. The first-order chi connectivity index (χ1) is 8.58. The average molecular weight is 263 g/mol. The summed E-state index contributed by atoms with van der Waals surface area (Å²) in [4.78, 5) is 19.6. The molecule has 0 bridgehead atoms. The number of aromatic nitrogens is 2. The molecule has 2 aromatic heterocycles. The van der Waals surface area contributed by atoms with Gasteiger partial charge in [-0.1, -0.05) is 0 Å². The Hall–Kier alpha value is -1.95. The van der Waals surface area contributed by atoms with Gasteiger partial charge in [0.1, 0.15) is 11.4 Å². The van der Waals surface area contributed by atoms with Gasteiger partial charge in [0.15, 0.2) is 0 Å². The molecule has 18 heavy (non-hydrogen) atoms. The van der Waals surface area contributed by atoms with Crippen LogP contribution >= 0.6 is 11.3 Å². The number of carbonyl (C=O) groups is 1. The molecule has 2 N–H and O–H groups in total. The molecule has 0 aliphatic carbocycles. The predicted octanol–water partition coefficient (Wildman–Crippen LogP) is 2.47. The van der Waals surface area contributed by atoms with Crippen LogP contribution in [0.3, 0.4) is 0 Å². The molecule has 5 nitrogen and oxygen atoms in total. The van der Waals surface area contributed by atoms with Gasteiger partial charge in [0.2, 0.25) is 0 Å². The number of carboxylic acid groups (broad SMARTS) is 1. The summed E-state index contributed by atoms with van der Waals surface area (Å²) in [6, 6.07) is 1.76. The first-order valence-electron chi connectivity index (χ1n) is 5.40. The van der Waals surface area contributed by atoms with Crippen LogP contribution in [-0.4, -0.2) is 21.0 Å². The largest absolute Gasteiger partial charge is 0.478 e. The molecule has 94 valence electrons. The van der Waals surface area contributed by atoms with Gasteiger partial charge in [-0.25, -0.2) is 14.8 Å². The average Bonchev–Trinajstić information content (AvgIpc) is 2.77. The van der Waals surface area contributed by atoms with Crippen LogP contribution in [0.4, 0.5) is 5.82 Å². The molecule has 0 amide bonds. The Morgan fingerprint density at radius 3 is 2.89 bits per heavy atom. The van der Waals surface area contributed by atoms with Crippen molar-refractivity contribution in [2.45, 2.75) is 20.4 Å². The van der Waals surface area contributed by atoms with E-state index in [-0.39, 0.29) is 5.56 Å². The summed E-state index contributed by atoms with van der Waals surface area (Å²) in [6.45, 7) is 4.08. The number of hydrogen-bond donors (Lipinski definition) is 2. The molecule has 0 atom stereocenters. The molecule has 0 fully saturated rings. The third-order valence-corrected chi connectivity index (χ3v) is 3.11. The minimum absolute atomic E-state index is 0.218. The van der Waals surface area contributed by atoms with Crippen molar-refractivity contribution in [1.29, 1.82) is 0 Å². The SMILES string of the molecule is Cc1cc(C)c(C(=O)O)c(NCc2cscn2)n1. The fourth-order valence-electron chi connectivity index (χ4n) is 1.73. The lowest BCUT2D eigenvalue weighted by molar-refractivity contribution is 0.0697. The van der Waals surface area contributed by atoms with Gasteiger partial charge in [-0.2, -0.15) is 0 Å². The summed E-state index contributed by atoms with van der Waals surface area (Å²) in [5, 5.41) is 14.1. The molecule has 0 aliphatic rings. The second-order valence-electron chi connectivity index (χ2n) is 3.94. The number of anilines is 1.